The van der Waals surface area contributed by atoms with E-state index in [0.717, 1.165) is 24.9 Å². The Balaban J connectivity index is 2.33. The van der Waals surface area contributed by atoms with Gasteiger partial charge >= 0.3 is 6.18 Å². The number of rotatable bonds is 4. The third-order valence-electron chi connectivity index (χ3n) is 3.95. The van der Waals surface area contributed by atoms with E-state index in [1.165, 1.54) is 25.0 Å². The molecule has 1 aliphatic rings. The average molecular weight is 350 g/mol. The van der Waals surface area contributed by atoms with Crippen LogP contribution >= 0.6 is 15.9 Å². The van der Waals surface area contributed by atoms with E-state index in [1.807, 2.05) is 6.92 Å². The van der Waals surface area contributed by atoms with Crippen LogP contribution in [0.3, 0.4) is 0 Å². The summed E-state index contributed by atoms with van der Waals surface area (Å²) in [5.41, 5.74) is 0.158. The predicted molar refractivity (Wildman–Crippen MR) is 77.5 cm³/mol. The van der Waals surface area contributed by atoms with Gasteiger partial charge in [0, 0.05) is 10.5 Å². The van der Waals surface area contributed by atoms with Crippen molar-refractivity contribution in [2.24, 2.45) is 5.92 Å². The van der Waals surface area contributed by atoms with Crippen molar-refractivity contribution in [3.05, 3.63) is 33.8 Å². The van der Waals surface area contributed by atoms with Crippen molar-refractivity contribution in [2.45, 2.75) is 44.8 Å². The van der Waals surface area contributed by atoms with Crippen LogP contribution in [0.5, 0.6) is 0 Å². The van der Waals surface area contributed by atoms with Crippen molar-refractivity contribution in [3.63, 3.8) is 0 Å². The topological polar surface area (TPSA) is 12.0 Å². The van der Waals surface area contributed by atoms with Crippen LogP contribution in [0.4, 0.5) is 13.2 Å². The van der Waals surface area contributed by atoms with Gasteiger partial charge in [0.05, 0.1) is 5.56 Å². The standard InChI is InChI=1S/C15H19BrF3N/c1-2-20-14(10-5-3-4-6-10)11-7-8-13(16)12(9-11)15(17,18)19/h7-10,14,20H,2-6H2,1H3. The van der Waals surface area contributed by atoms with E-state index in [4.69, 9.17) is 0 Å². The van der Waals surface area contributed by atoms with Crippen LogP contribution in [0.1, 0.15) is 49.8 Å². The molecule has 0 heterocycles. The Hall–Kier alpha value is -0.550. The molecular weight excluding hydrogens is 331 g/mol. The Morgan fingerprint density at radius 3 is 2.50 bits per heavy atom. The molecule has 0 radical (unpaired) electrons. The Morgan fingerprint density at radius 2 is 1.95 bits per heavy atom. The zero-order valence-corrected chi connectivity index (χ0v) is 13.0. The fourth-order valence-electron chi connectivity index (χ4n) is 3.02. The minimum atomic E-state index is -4.32. The number of benzene rings is 1. The lowest BCUT2D eigenvalue weighted by Crippen LogP contribution is -2.27. The van der Waals surface area contributed by atoms with Gasteiger partial charge in [-0.1, -0.05) is 41.8 Å². The zero-order chi connectivity index (χ0) is 14.8. The molecule has 20 heavy (non-hydrogen) atoms. The maximum absolute atomic E-state index is 13.0. The van der Waals surface area contributed by atoms with E-state index in [2.05, 4.69) is 21.2 Å². The van der Waals surface area contributed by atoms with E-state index in [0.29, 0.717) is 5.92 Å². The van der Waals surface area contributed by atoms with Crippen LogP contribution in [-0.2, 0) is 6.18 Å². The molecule has 1 nitrogen and oxygen atoms in total. The van der Waals surface area contributed by atoms with Gasteiger partial charge in [0.25, 0.3) is 0 Å². The maximum atomic E-state index is 13.0. The maximum Gasteiger partial charge on any atom is 0.417 e. The first kappa shape index (κ1) is 15.8. The van der Waals surface area contributed by atoms with E-state index in [1.54, 1.807) is 6.07 Å². The second kappa shape index (κ2) is 6.48. The summed E-state index contributed by atoms with van der Waals surface area (Å²) >= 11 is 3.00. The third kappa shape index (κ3) is 3.55. The molecule has 1 atom stereocenters. The van der Waals surface area contributed by atoms with Crippen molar-refractivity contribution >= 4 is 15.9 Å². The summed E-state index contributed by atoms with van der Waals surface area (Å²) in [5, 5.41) is 3.36. The van der Waals surface area contributed by atoms with Gasteiger partial charge in [-0.05, 0) is 43.0 Å². The highest BCUT2D eigenvalue weighted by molar-refractivity contribution is 9.10. The Kier molecular flexibility index (Phi) is 5.13. The highest BCUT2D eigenvalue weighted by Crippen LogP contribution is 2.40. The van der Waals surface area contributed by atoms with E-state index >= 15 is 0 Å². The quantitative estimate of drug-likeness (QED) is 0.776. The normalized spacial score (nSPS) is 18.4. The highest BCUT2D eigenvalue weighted by Gasteiger charge is 2.34. The van der Waals surface area contributed by atoms with Gasteiger partial charge in [0.1, 0.15) is 0 Å². The molecule has 0 aromatic heterocycles. The smallest absolute Gasteiger partial charge is 0.310 e. The fraction of sp³-hybridized carbons (Fsp3) is 0.600. The van der Waals surface area contributed by atoms with Crippen molar-refractivity contribution in [1.29, 1.82) is 0 Å². The molecule has 112 valence electrons. The average Bonchev–Trinajstić information content (AvgIpc) is 2.89. The molecule has 0 bridgehead atoms. The molecule has 0 amide bonds. The summed E-state index contributed by atoms with van der Waals surface area (Å²) in [5.74, 6) is 0.442. The molecule has 0 aliphatic heterocycles. The van der Waals surface area contributed by atoms with Gasteiger partial charge in [-0.15, -0.1) is 0 Å². The van der Waals surface area contributed by atoms with Crippen LogP contribution in [0.2, 0.25) is 0 Å². The number of alkyl halides is 3. The predicted octanol–water partition coefficient (Wildman–Crippen LogP) is 5.31. The van der Waals surface area contributed by atoms with Crippen LogP contribution in [0, 0.1) is 5.92 Å². The first-order valence-corrected chi connectivity index (χ1v) is 7.82. The van der Waals surface area contributed by atoms with Crippen LogP contribution < -0.4 is 5.32 Å². The van der Waals surface area contributed by atoms with Crippen molar-refractivity contribution < 1.29 is 13.2 Å². The molecule has 1 aliphatic carbocycles. The van der Waals surface area contributed by atoms with Crippen molar-refractivity contribution in [3.8, 4) is 0 Å². The molecule has 0 spiro atoms. The molecule has 1 saturated carbocycles. The number of nitrogens with one attached hydrogen (secondary N) is 1. The van der Waals surface area contributed by atoms with Gasteiger partial charge in [-0.25, -0.2) is 0 Å². The van der Waals surface area contributed by atoms with Gasteiger partial charge < -0.3 is 5.32 Å². The Labute approximate surface area is 126 Å². The first-order chi connectivity index (χ1) is 9.43. The largest absolute Gasteiger partial charge is 0.417 e. The van der Waals surface area contributed by atoms with E-state index in [9.17, 15) is 13.2 Å². The van der Waals surface area contributed by atoms with Crippen LogP contribution in [0.15, 0.2) is 22.7 Å². The molecule has 2 rings (SSSR count). The summed E-state index contributed by atoms with van der Waals surface area (Å²) < 4.78 is 39.1. The molecule has 1 aromatic rings. The Bertz CT molecular complexity index is 453. The summed E-state index contributed by atoms with van der Waals surface area (Å²) in [6.07, 6.45) is 0.218. The van der Waals surface area contributed by atoms with E-state index in [-0.39, 0.29) is 10.5 Å². The number of hydrogen-bond donors (Lipinski definition) is 1. The van der Waals surface area contributed by atoms with Gasteiger partial charge in [-0.3, -0.25) is 0 Å². The molecule has 1 aromatic carbocycles. The summed E-state index contributed by atoms with van der Waals surface area (Å²) in [6, 6.07) is 4.62. The number of hydrogen-bond acceptors (Lipinski definition) is 1. The lowest BCUT2D eigenvalue weighted by molar-refractivity contribution is -0.138. The van der Waals surface area contributed by atoms with Crippen molar-refractivity contribution in [1.82, 2.24) is 5.32 Å². The summed E-state index contributed by atoms with van der Waals surface area (Å²) in [7, 11) is 0. The second-order valence-electron chi connectivity index (χ2n) is 5.32. The molecule has 5 heteroatoms. The monoisotopic (exact) mass is 349 g/mol. The number of halogens is 4. The Morgan fingerprint density at radius 1 is 1.30 bits per heavy atom. The minimum Gasteiger partial charge on any atom is -0.310 e. The molecule has 0 saturated heterocycles. The molecular formula is C15H19BrF3N. The van der Waals surface area contributed by atoms with Gasteiger partial charge in [-0.2, -0.15) is 13.2 Å². The molecule has 1 fully saturated rings. The summed E-state index contributed by atoms with van der Waals surface area (Å²) in [4.78, 5) is 0. The molecule has 1 N–H and O–H groups in total. The van der Waals surface area contributed by atoms with Crippen LogP contribution in [-0.4, -0.2) is 6.54 Å². The SMILES string of the molecule is CCNC(c1ccc(Br)c(C(F)(F)F)c1)C1CCCC1. The highest BCUT2D eigenvalue weighted by atomic mass is 79.9. The third-order valence-corrected chi connectivity index (χ3v) is 4.64. The minimum absolute atomic E-state index is 0.0247. The van der Waals surface area contributed by atoms with Gasteiger partial charge in [0.2, 0.25) is 0 Å². The second-order valence-corrected chi connectivity index (χ2v) is 6.17. The zero-order valence-electron chi connectivity index (χ0n) is 11.4. The lowest BCUT2D eigenvalue weighted by atomic mass is 9.90. The van der Waals surface area contributed by atoms with Crippen LogP contribution in [0.25, 0.3) is 0 Å². The van der Waals surface area contributed by atoms with E-state index < -0.39 is 11.7 Å². The lowest BCUT2D eigenvalue weighted by Gasteiger charge is -2.26. The fourth-order valence-corrected chi connectivity index (χ4v) is 3.49. The van der Waals surface area contributed by atoms with Crippen molar-refractivity contribution in [2.75, 3.05) is 6.54 Å². The molecule has 1 unspecified atom stereocenters. The van der Waals surface area contributed by atoms with Gasteiger partial charge in [0.15, 0.2) is 0 Å². The summed E-state index contributed by atoms with van der Waals surface area (Å²) in [6.45, 7) is 2.75. The first-order valence-electron chi connectivity index (χ1n) is 7.03.